The second-order valence-electron chi connectivity index (χ2n) is 4.70. The van der Waals surface area contributed by atoms with E-state index in [0.717, 1.165) is 25.7 Å². The lowest BCUT2D eigenvalue weighted by Gasteiger charge is -2.28. The first-order valence-corrected chi connectivity index (χ1v) is 6.44. The highest BCUT2D eigenvalue weighted by molar-refractivity contribution is 5.97. The van der Waals surface area contributed by atoms with Crippen LogP contribution >= 0.6 is 0 Å². The summed E-state index contributed by atoms with van der Waals surface area (Å²) in [5, 5.41) is 19.1. The van der Waals surface area contributed by atoms with E-state index in [0.29, 0.717) is 12.1 Å². The number of aromatic hydroxyl groups is 1. The van der Waals surface area contributed by atoms with Gasteiger partial charge in [-0.1, -0.05) is 25.0 Å². The monoisotopic (exact) mass is 249 g/mol. The number of likely N-dealkylation sites (tertiary alicyclic amines) is 1. The van der Waals surface area contributed by atoms with Gasteiger partial charge in [0, 0.05) is 6.54 Å². The van der Waals surface area contributed by atoms with E-state index in [2.05, 4.69) is 0 Å². The first-order valence-electron chi connectivity index (χ1n) is 6.44. The molecule has 4 heteroatoms. The van der Waals surface area contributed by atoms with Crippen LogP contribution in [0.3, 0.4) is 0 Å². The number of amides is 1. The van der Waals surface area contributed by atoms with Crippen LogP contribution in [0.15, 0.2) is 24.3 Å². The van der Waals surface area contributed by atoms with E-state index >= 15 is 0 Å². The van der Waals surface area contributed by atoms with Crippen molar-refractivity contribution in [3.8, 4) is 5.75 Å². The first kappa shape index (κ1) is 12.9. The van der Waals surface area contributed by atoms with Crippen LogP contribution in [-0.2, 0) is 0 Å². The lowest BCUT2D eigenvalue weighted by atomic mass is 10.1. The number of phenolic OH excluding ortho intramolecular Hbond substituents is 1. The zero-order valence-corrected chi connectivity index (χ0v) is 10.4. The van der Waals surface area contributed by atoms with Gasteiger partial charge in [0.2, 0.25) is 0 Å². The SMILES string of the molecule is O=C(c1ccccc1O)N1CCCCCC1CO. The third kappa shape index (κ3) is 2.64. The van der Waals surface area contributed by atoms with Crippen LogP contribution in [0.2, 0.25) is 0 Å². The molecule has 1 aliphatic heterocycles. The number of carbonyl (C=O) groups is 1. The lowest BCUT2D eigenvalue weighted by Crippen LogP contribution is -2.42. The molecule has 2 N–H and O–H groups in total. The molecule has 1 saturated heterocycles. The van der Waals surface area contributed by atoms with E-state index in [9.17, 15) is 15.0 Å². The third-order valence-electron chi connectivity index (χ3n) is 3.48. The molecule has 1 aromatic carbocycles. The van der Waals surface area contributed by atoms with Crippen LogP contribution in [0.5, 0.6) is 5.75 Å². The van der Waals surface area contributed by atoms with Crippen molar-refractivity contribution < 1.29 is 15.0 Å². The molecule has 0 aromatic heterocycles. The Balaban J connectivity index is 2.23. The fraction of sp³-hybridized carbons (Fsp3) is 0.500. The van der Waals surface area contributed by atoms with Gasteiger partial charge in [0.1, 0.15) is 5.75 Å². The van der Waals surface area contributed by atoms with Crippen molar-refractivity contribution in [2.24, 2.45) is 0 Å². The highest BCUT2D eigenvalue weighted by Gasteiger charge is 2.26. The molecule has 1 heterocycles. The molecule has 1 atom stereocenters. The average molecular weight is 249 g/mol. The summed E-state index contributed by atoms with van der Waals surface area (Å²) in [6.07, 6.45) is 3.91. The zero-order chi connectivity index (χ0) is 13.0. The van der Waals surface area contributed by atoms with Crippen molar-refractivity contribution >= 4 is 5.91 Å². The molecule has 0 saturated carbocycles. The maximum absolute atomic E-state index is 12.4. The topological polar surface area (TPSA) is 60.8 Å². The summed E-state index contributed by atoms with van der Waals surface area (Å²) in [7, 11) is 0. The second kappa shape index (κ2) is 5.87. The summed E-state index contributed by atoms with van der Waals surface area (Å²) < 4.78 is 0. The maximum atomic E-state index is 12.4. The van der Waals surface area contributed by atoms with Gasteiger partial charge in [0.05, 0.1) is 18.2 Å². The van der Waals surface area contributed by atoms with E-state index in [1.54, 1.807) is 23.1 Å². The predicted octanol–water partition coefficient (Wildman–Crippen LogP) is 1.77. The van der Waals surface area contributed by atoms with Crippen LogP contribution < -0.4 is 0 Å². The van der Waals surface area contributed by atoms with Crippen molar-refractivity contribution in [3.05, 3.63) is 29.8 Å². The Labute approximate surface area is 107 Å². The van der Waals surface area contributed by atoms with Crippen molar-refractivity contribution in [1.29, 1.82) is 0 Å². The maximum Gasteiger partial charge on any atom is 0.257 e. The minimum atomic E-state index is -0.186. The summed E-state index contributed by atoms with van der Waals surface area (Å²) in [6.45, 7) is 0.637. The number of benzene rings is 1. The molecule has 1 aliphatic rings. The molecular weight excluding hydrogens is 230 g/mol. The smallest absolute Gasteiger partial charge is 0.257 e. The molecule has 1 unspecified atom stereocenters. The minimum absolute atomic E-state index is 0.00318. The van der Waals surface area contributed by atoms with Gasteiger partial charge in [-0.25, -0.2) is 0 Å². The normalized spacial score (nSPS) is 20.5. The molecule has 98 valence electrons. The number of rotatable bonds is 2. The van der Waals surface area contributed by atoms with Crippen LogP contribution in [0, 0.1) is 0 Å². The number of nitrogens with zero attached hydrogens (tertiary/aromatic N) is 1. The number of carbonyl (C=O) groups excluding carboxylic acids is 1. The van der Waals surface area contributed by atoms with Gasteiger partial charge in [0.25, 0.3) is 5.91 Å². The van der Waals surface area contributed by atoms with Gasteiger partial charge in [-0.15, -0.1) is 0 Å². The number of hydrogen-bond acceptors (Lipinski definition) is 3. The molecule has 1 aromatic rings. The Bertz CT molecular complexity index is 419. The highest BCUT2D eigenvalue weighted by atomic mass is 16.3. The Hall–Kier alpha value is -1.55. The van der Waals surface area contributed by atoms with Crippen molar-refractivity contribution in [2.45, 2.75) is 31.7 Å². The van der Waals surface area contributed by atoms with Gasteiger partial charge in [-0.05, 0) is 25.0 Å². The lowest BCUT2D eigenvalue weighted by molar-refractivity contribution is 0.0597. The number of aliphatic hydroxyl groups excluding tert-OH is 1. The van der Waals surface area contributed by atoms with Gasteiger partial charge in [-0.2, -0.15) is 0 Å². The molecule has 0 radical (unpaired) electrons. The largest absolute Gasteiger partial charge is 0.507 e. The molecule has 4 nitrogen and oxygen atoms in total. The summed E-state index contributed by atoms with van der Waals surface area (Å²) in [5.74, 6) is -0.183. The minimum Gasteiger partial charge on any atom is -0.507 e. The molecule has 1 amide bonds. The van der Waals surface area contributed by atoms with E-state index in [1.165, 1.54) is 6.07 Å². The Morgan fingerprint density at radius 3 is 2.78 bits per heavy atom. The van der Waals surface area contributed by atoms with Gasteiger partial charge < -0.3 is 15.1 Å². The van der Waals surface area contributed by atoms with Crippen LogP contribution in [-0.4, -0.2) is 40.2 Å². The summed E-state index contributed by atoms with van der Waals surface area (Å²) in [4.78, 5) is 14.1. The molecule has 18 heavy (non-hydrogen) atoms. The number of hydrogen-bond donors (Lipinski definition) is 2. The zero-order valence-electron chi connectivity index (χ0n) is 10.4. The Morgan fingerprint density at radius 1 is 1.28 bits per heavy atom. The van der Waals surface area contributed by atoms with Crippen molar-refractivity contribution in [1.82, 2.24) is 4.90 Å². The molecule has 0 spiro atoms. The fourth-order valence-electron chi connectivity index (χ4n) is 2.44. The molecular formula is C14H19NO3. The summed E-state index contributed by atoms with van der Waals surface area (Å²) in [6, 6.07) is 6.44. The molecule has 0 bridgehead atoms. The van der Waals surface area contributed by atoms with Crippen LogP contribution in [0.1, 0.15) is 36.0 Å². The Kier molecular flexibility index (Phi) is 4.20. The van der Waals surface area contributed by atoms with E-state index in [-0.39, 0.29) is 24.3 Å². The molecule has 1 fully saturated rings. The summed E-state index contributed by atoms with van der Waals surface area (Å²) >= 11 is 0. The number of phenols is 1. The predicted molar refractivity (Wildman–Crippen MR) is 68.5 cm³/mol. The van der Waals surface area contributed by atoms with Crippen molar-refractivity contribution in [3.63, 3.8) is 0 Å². The first-order chi connectivity index (χ1) is 8.74. The summed E-state index contributed by atoms with van der Waals surface area (Å²) in [5.41, 5.74) is 0.317. The van der Waals surface area contributed by atoms with Gasteiger partial charge in [0.15, 0.2) is 0 Å². The number of aliphatic hydroxyl groups is 1. The van der Waals surface area contributed by atoms with Gasteiger partial charge >= 0.3 is 0 Å². The van der Waals surface area contributed by atoms with Crippen molar-refractivity contribution in [2.75, 3.05) is 13.2 Å². The van der Waals surface area contributed by atoms with Crippen LogP contribution in [0.25, 0.3) is 0 Å². The number of para-hydroxylation sites is 1. The van der Waals surface area contributed by atoms with E-state index in [1.807, 2.05) is 0 Å². The highest BCUT2D eigenvalue weighted by Crippen LogP contribution is 2.23. The van der Waals surface area contributed by atoms with E-state index in [4.69, 9.17) is 0 Å². The van der Waals surface area contributed by atoms with Gasteiger partial charge in [-0.3, -0.25) is 4.79 Å². The third-order valence-corrected chi connectivity index (χ3v) is 3.48. The van der Waals surface area contributed by atoms with E-state index < -0.39 is 0 Å². The second-order valence-corrected chi connectivity index (χ2v) is 4.70. The molecule has 2 rings (SSSR count). The van der Waals surface area contributed by atoms with Crippen LogP contribution in [0.4, 0.5) is 0 Å². The quantitative estimate of drug-likeness (QED) is 0.839. The average Bonchev–Trinajstić information content (AvgIpc) is 2.63. The Morgan fingerprint density at radius 2 is 2.06 bits per heavy atom. The molecule has 0 aliphatic carbocycles. The standard InChI is InChI=1S/C14H19NO3/c16-10-11-6-2-1-5-9-15(11)14(18)12-7-3-4-8-13(12)17/h3-4,7-8,11,16-17H,1-2,5-6,9-10H2. The fourth-order valence-corrected chi connectivity index (χ4v) is 2.44.